The highest BCUT2D eigenvalue weighted by atomic mass is 19.1. The Morgan fingerprint density at radius 2 is 1.87 bits per heavy atom. The van der Waals surface area contributed by atoms with Crippen molar-refractivity contribution in [1.29, 1.82) is 0 Å². The molecule has 2 heterocycles. The molecule has 0 spiro atoms. The van der Waals surface area contributed by atoms with Gasteiger partial charge in [0.05, 0.1) is 24.4 Å². The van der Waals surface area contributed by atoms with Gasteiger partial charge in [0.15, 0.2) is 17.3 Å². The molecule has 4 rings (SSSR count). The van der Waals surface area contributed by atoms with Crippen LogP contribution in [0, 0.1) is 26.6 Å². The van der Waals surface area contributed by atoms with Crippen molar-refractivity contribution in [3.05, 3.63) is 70.2 Å². The number of aromatic nitrogens is 2. The molecule has 7 heteroatoms. The molecule has 0 aliphatic carbocycles. The van der Waals surface area contributed by atoms with Crippen molar-refractivity contribution in [1.82, 2.24) is 9.78 Å². The van der Waals surface area contributed by atoms with E-state index in [-0.39, 0.29) is 29.4 Å². The first-order chi connectivity index (χ1) is 14.3. The number of methoxy groups -OCH3 is 1. The van der Waals surface area contributed by atoms with Crippen LogP contribution in [-0.4, -0.2) is 28.6 Å². The van der Waals surface area contributed by atoms with Gasteiger partial charge in [0.1, 0.15) is 5.82 Å². The molecule has 30 heavy (non-hydrogen) atoms. The standard InChI is InChI=1S/C23H22FN3O3/c1-12-7-13(2)9-16(8-12)27-23-21(14(3)26-27)17(11-20(28)25-23)22(29)15-5-6-18(24)19(10-15)30-4/h5-10,17H,11H2,1-4H3,(H,25,28). The van der Waals surface area contributed by atoms with E-state index in [9.17, 15) is 14.0 Å². The van der Waals surface area contributed by atoms with Crippen LogP contribution in [0.15, 0.2) is 36.4 Å². The van der Waals surface area contributed by atoms with Crippen molar-refractivity contribution in [3.8, 4) is 11.4 Å². The lowest BCUT2D eigenvalue weighted by molar-refractivity contribution is -0.116. The van der Waals surface area contributed by atoms with E-state index in [1.54, 1.807) is 4.68 Å². The van der Waals surface area contributed by atoms with E-state index in [4.69, 9.17) is 4.74 Å². The van der Waals surface area contributed by atoms with Crippen LogP contribution in [0.25, 0.3) is 5.69 Å². The number of anilines is 1. The first kappa shape index (κ1) is 19.8. The molecule has 1 aliphatic heterocycles. The number of ketones is 1. The predicted molar refractivity (Wildman–Crippen MR) is 111 cm³/mol. The summed E-state index contributed by atoms with van der Waals surface area (Å²) in [6.07, 6.45) is 0.00486. The third-order valence-corrected chi connectivity index (χ3v) is 5.31. The quantitative estimate of drug-likeness (QED) is 0.656. The fraction of sp³-hybridized carbons (Fsp3) is 0.261. The second kappa shape index (κ2) is 7.40. The van der Waals surface area contributed by atoms with E-state index in [2.05, 4.69) is 16.5 Å². The number of ether oxygens (including phenoxy) is 1. The molecule has 1 amide bonds. The Morgan fingerprint density at radius 1 is 1.17 bits per heavy atom. The fourth-order valence-corrected chi connectivity index (χ4v) is 4.05. The highest BCUT2D eigenvalue weighted by Crippen LogP contribution is 2.38. The van der Waals surface area contributed by atoms with Crippen LogP contribution >= 0.6 is 0 Å². The van der Waals surface area contributed by atoms with Gasteiger partial charge in [-0.15, -0.1) is 0 Å². The maximum absolute atomic E-state index is 13.8. The Morgan fingerprint density at radius 3 is 2.53 bits per heavy atom. The first-order valence-electron chi connectivity index (χ1n) is 9.64. The molecule has 1 aliphatic rings. The Bertz CT molecular complexity index is 1160. The number of carbonyl (C=O) groups excluding carboxylic acids is 2. The van der Waals surface area contributed by atoms with Crippen LogP contribution in [0.4, 0.5) is 10.2 Å². The Labute approximate surface area is 173 Å². The smallest absolute Gasteiger partial charge is 0.226 e. The lowest BCUT2D eigenvalue weighted by Gasteiger charge is -2.23. The Hall–Kier alpha value is -3.48. The van der Waals surface area contributed by atoms with Crippen molar-refractivity contribution >= 4 is 17.5 Å². The van der Waals surface area contributed by atoms with Gasteiger partial charge in [-0.05, 0) is 62.2 Å². The summed E-state index contributed by atoms with van der Waals surface area (Å²) in [7, 11) is 1.34. The molecule has 0 saturated heterocycles. The van der Waals surface area contributed by atoms with E-state index in [0.29, 0.717) is 17.1 Å². The minimum Gasteiger partial charge on any atom is -0.494 e. The summed E-state index contributed by atoms with van der Waals surface area (Å²) >= 11 is 0. The van der Waals surface area contributed by atoms with Gasteiger partial charge in [-0.3, -0.25) is 9.59 Å². The van der Waals surface area contributed by atoms with Crippen molar-refractivity contribution in [2.75, 3.05) is 12.4 Å². The minimum absolute atomic E-state index is 0.00486. The maximum Gasteiger partial charge on any atom is 0.226 e. The summed E-state index contributed by atoms with van der Waals surface area (Å²) in [5.74, 6) is -1.29. The molecular weight excluding hydrogens is 385 g/mol. The lowest BCUT2D eigenvalue weighted by Crippen LogP contribution is -2.28. The average molecular weight is 407 g/mol. The predicted octanol–water partition coefficient (Wildman–Crippen LogP) is 4.25. The van der Waals surface area contributed by atoms with Crippen LogP contribution in [0.3, 0.4) is 0 Å². The summed E-state index contributed by atoms with van der Waals surface area (Å²) in [4.78, 5) is 25.8. The third kappa shape index (κ3) is 3.36. The van der Waals surface area contributed by atoms with Crippen LogP contribution in [0.5, 0.6) is 5.75 Å². The number of Topliss-reactive ketones (excluding diaryl/α,β-unsaturated/α-hetero) is 1. The van der Waals surface area contributed by atoms with Crippen molar-refractivity contribution < 1.29 is 18.7 Å². The zero-order valence-electron chi connectivity index (χ0n) is 17.2. The summed E-state index contributed by atoms with van der Waals surface area (Å²) < 4.78 is 20.5. The molecule has 0 fully saturated rings. The van der Waals surface area contributed by atoms with Gasteiger partial charge >= 0.3 is 0 Å². The Kier molecular flexibility index (Phi) is 4.89. The van der Waals surface area contributed by atoms with E-state index < -0.39 is 11.7 Å². The molecule has 1 unspecified atom stereocenters. The number of hydrogen-bond acceptors (Lipinski definition) is 4. The van der Waals surface area contributed by atoms with Gasteiger partial charge < -0.3 is 10.1 Å². The number of amides is 1. The van der Waals surface area contributed by atoms with Crippen molar-refractivity contribution in [3.63, 3.8) is 0 Å². The van der Waals surface area contributed by atoms with Crippen molar-refractivity contribution in [2.24, 2.45) is 0 Å². The number of carbonyl (C=O) groups is 2. The summed E-state index contributed by atoms with van der Waals surface area (Å²) in [6.45, 7) is 5.80. The molecular formula is C23H22FN3O3. The zero-order chi connectivity index (χ0) is 21.6. The molecule has 154 valence electrons. The molecule has 0 saturated carbocycles. The minimum atomic E-state index is -0.705. The van der Waals surface area contributed by atoms with Gasteiger partial charge in [-0.25, -0.2) is 9.07 Å². The molecule has 1 aromatic heterocycles. The normalized spacial score (nSPS) is 15.5. The first-order valence-corrected chi connectivity index (χ1v) is 9.64. The highest BCUT2D eigenvalue weighted by molar-refractivity contribution is 6.08. The number of aryl methyl sites for hydroxylation is 3. The van der Waals surface area contributed by atoms with Crippen LogP contribution in [0.2, 0.25) is 0 Å². The van der Waals surface area contributed by atoms with E-state index >= 15 is 0 Å². The van der Waals surface area contributed by atoms with Gasteiger partial charge in [0.2, 0.25) is 5.91 Å². The summed E-state index contributed by atoms with van der Waals surface area (Å²) in [5, 5.41) is 7.50. The Balaban J connectivity index is 1.82. The van der Waals surface area contributed by atoms with Gasteiger partial charge in [-0.1, -0.05) is 6.07 Å². The van der Waals surface area contributed by atoms with E-state index in [1.165, 1.54) is 25.3 Å². The number of benzene rings is 2. The molecule has 1 atom stereocenters. The van der Waals surface area contributed by atoms with E-state index in [0.717, 1.165) is 16.8 Å². The SMILES string of the molecule is COc1cc(C(=O)C2CC(=O)Nc3c2c(C)nn3-c2cc(C)cc(C)c2)ccc1F. The number of rotatable bonds is 4. The zero-order valence-corrected chi connectivity index (χ0v) is 17.2. The molecule has 2 aromatic carbocycles. The van der Waals surface area contributed by atoms with Gasteiger partial charge in [0, 0.05) is 17.5 Å². The van der Waals surface area contributed by atoms with Crippen LogP contribution in [-0.2, 0) is 4.79 Å². The lowest BCUT2D eigenvalue weighted by atomic mass is 9.85. The molecule has 0 radical (unpaired) electrons. The van der Waals surface area contributed by atoms with Gasteiger partial charge in [-0.2, -0.15) is 5.10 Å². The number of nitrogens with zero attached hydrogens (tertiary/aromatic N) is 2. The van der Waals surface area contributed by atoms with Crippen molar-refractivity contribution in [2.45, 2.75) is 33.1 Å². The monoisotopic (exact) mass is 407 g/mol. The molecule has 1 N–H and O–H groups in total. The second-order valence-corrected chi connectivity index (χ2v) is 7.62. The number of fused-ring (bicyclic) bond motifs is 1. The second-order valence-electron chi connectivity index (χ2n) is 7.62. The number of hydrogen-bond donors (Lipinski definition) is 1. The topological polar surface area (TPSA) is 73.2 Å². The van der Waals surface area contributed by atoms with Crippen LogP contribution < -0.4 is 10.1 Å². The highest BCUT2D eigenvalue weighted by Gasteiger charge is 2.36. The summed E-state index contributed by atoms with van der Waals surface area (Å²) in [5.41, 5.74) is 4.59. The van der Waals surface area contributed by atoms with Crippen LogP contribution in [0.1, 0.15) is 45.1 Å². The average Bonchev–Trinajstić information content (AvgIpc) is 3.03. The molecule has 0 bridgehead atoms. The van der Waals surface area contributed by atoms with Gasteiger partial charge in [0.25, 0.3) is 0 Å². The van der Waals surface area contributed by atoms with E-state index in [1.807, 2.05) is 32.9 Å². The third-order valence-electron chi connectivity index (χ3n) is 5.31. The molecule has 3 aromatic rings. The summed E-state index contributed by atoms with van der Waals surface area (Å²) in [6, 6.07) is 9.98. The number of halogens is 1. The maximum atomic E-state index is 13.8. The number of nitrogens with one attached hydrogen (secondary N) is 1. The largest absolute Gasteiger partial charge is 0.494 e. The molecule has 6 nitrogen and oxygen atoms in total. The fourth-order valence-electron chi connectivity index (χ4n) is 4.05.